The Morgan fingerprint density at radius 2 is 1.88 bits per heavy atom. The maximum atomic E-state index is 12.6. The minimum absolute atomic E-state index is 0.0515. The van der Waals surface area contributed by atoms with Crippen LogP contribution in [0.15, 0.2) is 9.59 Å². The van der Waals surface area contributed by atoms with E-state index in [4.69, 9.17) is 5.73 Å². The van der Waals surface area contributed by atoms with Gasteiger partial charge in [0.15, 0.2) is 5.69 Å². The van der Waals surface area contributed by atoms with Gasteiger partial charge in [0.25, 0.3) is 5.56 Å². The molecule has 0 aliphatic rings. The Labute approximate surface area is 146 Å². The second kappa shape index (κ2) is 8.96. The van der Waals surface area contributed by atoms with Crippen LogP contribution in [-0.4, -0.2) is 34.0 Å². The number of carbonyl (C=O) groups is 1. The summed E-state index contributed by atoms with van der Waals surface area (Å²) in [6.07, 6.45) is 2.24. The summed E-state index contributed by atoms with van der Waals surface area (Å²) in [7, 11) is 0. The third kappa shape index (κ3) is 5.15. The lowest BCUT2D eigenvalue weighted by Gasteiger charge is -2.26. The van der Waals surface area contributed by atoms with Crippen molar-refractivity contribution < 1.29 is 4.79 Å². The lowest BCUT2D eigenvalue weighted by Crippen LogP contribution is -2.43. The predicted octanol–water partition coefficient (Wildman–Crippen LogP) is 1.52. The number of hydrogen-bond acceptors (Lipinski definition) is 5. The molecule has 0 unspecified atom stereocenters. The molecule has 136 valence electrons. The van der Waals surface area contributed by atoms with Crippen LogP contribution >= 0.6 is 11.8 Å². The highest BCUT2D eigenvalue weighted by Crippen LogP contribution is 2.20. The fraction of sp³-hybridized carbons (Fsp3) is 0.688. The number of rotatable bonds is 8. The number of anilines is 2. The molecule has 0 atom stereocenters. The normalized spacial score (nSPS) is 11.3. The zero-order valence-electron chi connectivity index (χ0n) is 15.1. The first kappa shape index (κ1) is 20.3. The summed E-state index contributed by atoms with van der Waals surface area (Å²) in [5.41, 5.74) is 5.04. The summed E-state index contributed by atoms with van der Waals surface area (Å²) < 4.78 is 1.33. The minimum atomic E-state index is -0.615. The topological polar surface area (TPSA) is 101 Å². The number of aromatic amines is 1. The van der Waals surface area contributed by atoms with Crippen molar-refractivity contribution in [2.75, 3.05) is 29.2 Å². The number of H-pyrrole nitrogens is 1. The van der Waals surface area contributed by atoms with E-state index in [2.05, 4.69) is 4.98 Å². The smallest absolute Gasteiger partial charge is 0.330 e. The van der Waals surface area contributed by atoms with Crippen LogP contribution in [0.5, 0.6) is 0 Å². The molecule has 0 radical (unpaired) electrons. The summed E-state index contributed by atoms with van der Waals surface area (Å²) in [5, 5.41) is 0. The standard InChI is InChI=1S/C16H28N4O3S/c1-10(2)8-19(12(21)6-7-24-5)13-14(17)20(9-11(3)4)16(23)18-15(13)22/h10-11H,6-9,17H2,1-5H3,(H,18,22,23). The van der Waals surface area contributed by atoms with Gasteiger partial charge in [0.05, 0.1) is 0 Å². The van der Waals surface area contributed by atoms with Gasteiger partial charge >= 0.3 is 5.69 Å². The van der Waals surface area contributed by atoms with Crippen molar-refractivity contribution in [2.24, 2.45) is 11.8 Å². The molecule has 1 aromatic rings. The number of amides is 1. The molecule has 0 fully saturated rings. The first-order valence-electron chi connectivity index (χ1n) is 8.10. The summed E-state index contributed by atoms with van der Waals surface area (Å²) in [5.74, 6) is 0.888. The maximum absolute atomic E-state index is 12.6. The molecule has 1 aromatic heterocycles. The van der Waals surface area contributed by atoms with E-state index in [1.54, 1.807) is 11.8 Å². The molecule has 0 aliphatic heterocycles. The molecule has 0 bridgehead atoms. The van der Waals surface area contributed by atoms with E-state index in [0.717, 1.165) is 0 Å². The van der Waals surface area contributed by atoms with Gasteiger partial charge in [-0.3, -0.25) is 19.1 Å². The van der Waals surface area contributed by atoms with E-state index in [-0.39, 0.29) is 29.2 Å². The molecule has 7 nitrogen and oxygen atoms in total. The van der Waals surface area contributed by atoms with Gasteiger partial charge in [-0.2, -0.15) is 11.8 Å². The molecule has 0 spiro atoms. The van der Waals surface area contributed by atoms with Crippen LogP contribution in [0.25, 0.3) is 0 Å². The monoisotopic (exact) mass is 356 g/mol. The zero-order chi connectivity index (χ0) is 18.4. The first-order chi connectivity index (χ1) is 11.2. The summed E-state index contributed by atoms with van der Waals surface area (Å²) in [6, 6.07) is 0. The summed E-state index contributed by atoms with van der Waals surface area (Å²) in [6.45, 7) is 8.58. The number of nitrogen functional groups attached to an aromatic ring is 1. The molecular formula is C16H28N4O3S. The highest BCUT2D eigenvalue weighted by molar-refractivity contribution is 7.98. The van der Waals surface area contributed by atoms with Crippen LogP contribution in [-0.2, 0) is 11.3 Å². The second-order valence-corrected chi connectivity index (χ2v) is 7.62. The molecule has 24 heavy (non-hydrogen) atoms. The highest BCUT2D eigenvalue weighted by atomic mass is 32.2. The lowest BCUT2D eigenvalue weighted by atomic mass is 10.2. The van der Waals surface area contributed by atoms with Crippen molar-refractivity contribution in [3.05, 3.63) is 20.8 Å². The minimum Gasteiger partial charge on any atom is -0.383 e. The van der Waals surface area contributed by atoms with E-state index >= 15 is 0 Å². The van der Waals surface area contributed by atoms with E-state index in [1.165, 1.54) is 9.47 Å². The Kier molecular flexibility index (Phi) is 7.59. The molecule has 1 amide bonds. The first-order valence-corrected chi connectivity index (χ1v) is 9.50. The van der Waals surface area contributed by atoms with Crippen LogP contribution in [0, 0.1) is 11.8 Å². The number of aromatic nitrogens is 2. The van der Waals surface area contributed by atoms with Crippen molar-refractivity contribution in [1.82, 2.24) is 9.55 Å². The number of nitrogens with zero attached hydrogens (tertiary/aromatic N) is 2. The second-order valence-electron chi connectivity index (χ2n) is 6.64. The van der Waals surface area contributed by atoms with E-state index < -0.39 is 11.2 Å². The third-order valence-corrected chi connectivity index (χ3v) is 4.01. The fourth-order valence-corrected chi connectivity index (χ4v) is 2.77. The van der Waals surface area contributed by atoms with Crippen LogP contribution < -0.4 is 21.9 Å². The predicted molar refractivity (Wildman–Crippen MR) is 101 cm³/mol. The van der Waals surface area contributed by atoms with Crippen molar-refractivity contribution in [3.8, 4) is 0 Å². The van der Waals surface area contributed by atoms with Crippen molar-refractivity contribution >= 4 is 29.2 Å². The summed E-state index contributed by atoms with van der Waals surface area (Å²) >= 11 is 1.56. The number of nitrogens with two attached hydrogens (primary N) is 1. The van der Waals surface area contributed by atoms with Gasteiger partial charge in [-0.25, -0.2) is 4.79 Å². The van der Waals surface area contributed by atoms with Gasteiger partial charge < -0.3 is 10.6 Å². The van der Waals surface area contributed by atoms with Crippen LogP contribution in [0.2, 0.25) is 0 Å². The molecule has 8 heteroatoms. The van der Waals surface area contributed by atoms with Crippen molar-refractivity contribution in [2.45, 2.75) is 40.7 Å². The van der Waals surface area contributed by atoms with Gasteiger partial charge in [0, 0.05) is 25.3 Å². The van der Waals surface area contributed by atoms with Crippen molar-refractivity contribution in [1.29, 1.82) is 0 Å². The highest BCUT2D eigenvalue weighted by Gasteiger charge is 2.24. The largest absolute Gasteiger partial charge is 0.383 e. The number of hydrogen-bond donors (Lipinski definition) is 2. The quantitative estimate of drug-likeness (QED) is 0.735. The average Bonchev–Trinajstić information content (AvgIpc) is 2.47. The van der Waals surface area contributed by atoms with Gasteiger partial charge in [-0.1, -0.05) is 27.7 Å². The zero-order valence-corrected chi connectivity index (χ0v) is 15.9. The molecule has 1 heterocycles. The Balaban J connectivity index is 3.43. The molecule has 0 aromatic carbocycles. The van der Waals surface area contributed by atoms with E-state index in [0.29, 0.717) is 25.3 Å². The Morgan fingerprint density at radius 1 is 1.25 bits per heavy atom. The lowest BCUT2D eigenvalue weighted by molar-refractivity contribution is -0.118. The van der Waals surface area contributed by atoms with Gasteiger partial charge in [0.1, 0.15) is 5.82 Å². The van der Waals surface area contributed by atoms with Crippen LogP contribution in [0.3, 0.4) is 0 Å². The van der Waals surface area contributed by atoms with Crippen molar-refractivity contribution in [3.63, 3.8) is 0 Å². The average molecular weight is 356 g/mol. The molecule has 3 N–H and O–H groups in total. The third-order valence-electron chi connectivity index (χ3n) is 3.40. The SMILES string of the molecule is CSCCC(=O)N(CC(C)C)c1c(N)n(CC(C)C)c(=O)[nH]c1=O. The van der Waals surface area contributed by atoms with E-state index in [1.807, 2.05) is 34.0 Å². The van der Waals surface area contributed by atoms with Gasteiger partial charge in [-0.15, -0.1) is 0 Å². The molecule has 0 aliphatic carbocycles. The molecule has 0 saturated heterocycles. The number of carbonyl (C=O) groups excluding carboxylic acids is 1. The van der Waals surface area contributed by atoms with Gasteiger partial charge in [-0.05, 0) is 18.1 Å². The number of thioether (sulfide) groups is 1. The molecular weight excluding hydrogens is 328 g/mol. The number of nitrogens with one attached hydrogen (secondary N) is 1. The van der Waals surface area contributed by atoms with Gasteiger partial charge in [0.2, 0.25) is 5.91 Å². The maximum Gasteiger partial charge on any atom is 0.330 e. The van der Waals surface area contributed by atoms with Crippen LogP contribution in [0.4, 0.5) is 11.5 Å². The molecule has 1 rings (SSSR count). The Hall–Kier alpha value is -1.70. The van der Waals surface area contributed by atoms with E-state index in [9.17, 15) is 14.4 Å². The Bertz CT molecular complexity index is 679. The molecule has 0 saturated carbocycles. The van der Waals surface area contributed by atoms with Crippen LogP contribution in [0.1, 0.15) is 34.1 Å². The Morgan fingerprint density at radius 3 is 2.38 bits per heavy atom. The fourth-order valence-electron chi connectivity index (χ4n) is 2.39. The summed E-state index contributed by atoms with van der Waals surface area (Å²) in [4.78, 5) is 40.7.